The summed E-state index contributed by atoms with van der Waals surface area (Å²) in [5.74, 6) is 0.396. The van der Waals surface area contributed by atoms with Crippen LogP contribution in [0.15, 0.2) is 40.9 Å². The van der Waals surface area contributed by atoms with Crippen molar-refractivity contribution in [2.24, 2.45) is 0 Å². The molecule has 0 unspecified atom stereocenters. The molecule has 0 aromatic heterocycles. The van der Waals surface area contributed by atoms with Gasteiger partial charge in [0.2, 0.25) is 0 Å². The molecule has 2 aromatic carbocycles. The van der Waals surface area contributed by atoms with Crippen molar-refractivity contribution in [3.8, 4) is 11.5 Å². The third-order valence-corrected chi connectivity index (χ3v) is 4.11. The van der Waals surface area contributed by atoms with Crippen molar-refractivity contribution in [1.29, 1.82) is 0 Å². The number of ether oxygens (including phenoxy) is 2. The van der Waals surface area contributed by atoms with Crippen molar-refractivity contribution >= 4 is 50.5 Å². The fraction of sp³-hybridized carbons (Fsp3) is 0.125. The van der Waals surface area contributed by atoms with Gasteiger partial charge in [-0.1, -0.05) is 0 Å². The highest BCUT2D eigenvalue weighted by atomic mass is 79.9. The highest BCUT2D eigenvalue weighted by Gasteiger charge is 2.14. The number of nitro groups is 1. The van der Waals surface area contributed by atoms with Gasteiger partial charge in [0, 0.05) is 11.6 Å². The normalized spacial score (nSPS) is 9.96. The van der Waals surface area contributed by atoms with Crippen LogP contribution >= 0.6 is 28.1 Å². The second-order valence-corrected chi connectivity index (χ2v) is 6.16. The Bertz CT molecular complexity index is 875. The Morgan fingerprint density at radius 2 is 1.85 bits per heavy atom. The molecule has 0 atom stereocenters. The van der Waals surface area contributed by atoms with Crippen LogP contribution in [0.3, 0.4) is 0 Å². The molecule has 2 aromatic rings. The van der Waals surface area contributed by atoms with Gasteiger partial charge in [-0.25, -0.2) is 0 Å². The van der Waals surface area contributed by atoms with Crippen LogP contribution in [0.5, 0.6) is 11.5 Å². The quantitative estimate of drug-likeness (QED) is 0.417. The van der Waals surface area contributed by atoms with Crippen molar-refractivity contribution in [1.82, 2.24) is 5.32 Å². The van der Waals surface area contributed by atoms with Crippen LogP contribution in [0.1, 0.15) is 10.4 Å². The Balaban J connectivity index is 2.10. The molecule has 1 amide bonds. The van der Waals surface area contributed by atoms with Crippen LogP contribution in [0.25, 0.3) is 0 Å². The van der Waals surface area contributed by atoms with Crippen molar-refractivity contribution in [3.63, 3.8) is 0 Å². The zero-order valence-corrected chi connectivity index (χ0v) is 16.1. The first-order chi connectivity index (χ1) is 12.3. The number of carbonyl (C=O) groups excluding carboxylic acids is 1. The van der Waals surface area contributed by atoms with Gasteiger partial charge in [0.05, 0.1) is 35.4 Å². The number of hydrogen-bond donors (Lipinski definition) is 2. The predicted molar refractivity (Wildman–Crippen MR) is 104 cm³/mol. The summed E-state index contributed by atoms with van der Waals surface area (Å²) >= 11 is 8.42. The number of halogens is 1. The third-order valence-electron chi connectivity index (χ3n) is 3.29. The third kappa shape index (κ3) is 4.67. The minimum Gasteiger partial charge on any atom is -0.496 e. The van der Waals surface area contributed by atoms with E-state index >= 15 is 0 Å². The van der Waals surface area contributed by atoms with E-state index in [2.05, 4.69) is 26.6 Å². The second kappa shape index (κ2) is 8.59. The van der Waals surface area contributed by atoms with Gasteiger partial charge in [0.25, 0.3) is 11.6 Å². The molecule has 0 aliphatic carbocycles. The Morgan fingerprint density at radius 1 is 1.15 bits per heavy atom. The van der Waals surface area contributed by atoms with Gasteiger partial charge in [-0.05, 0) is 52.4 Å². The number of hydrogen-bond acceptors (Lipinski definition) is 6. The highest BCUT2D eigenvalue weighted by Crippen LogP contribution is 2.29. The molecule has 0 bridgehead atoms. The molecule has 2 rings (SSSR count). The lowest BCUT2D eigenvalue weighted by atomic mass is 10.2. The highest BCUT2D eigenvalue weighted by molar-refractivity contribution is 9.10. The molecule has 0 spiro atoms. The average Bonchev–Trinajstić information content (AvgIpc) is 2.61. The minimum absolute atomic E-state index is 0.0223. The number of amides is 1. The van der Waals surface area contributed by atoms with Gasteiger partial charge >= 0.3 is 0 Å². The molecule has 0 aliphatic rings. The molecule has 8 nitrogen and oxygen atoms in total. The lowest BCUT2D eigenvalue weighted by Crippen LogP contribution is -2.34. The van der Waals surface area contributed by atoms with Crippen LogP contribution in [-0.2, 0) is 0 Å². The molecule has 136 valence electrons. The number of methoxy groups -OCH3 is 2. The van der Waals surface area contributed by atoms with E-state index in [-0.39, 0.29) is 16.5 Å². The van der Waals surface area contributed by atoms with Gasteiger partial charge < -0.3 is 14.8 Å². The van der Waals surface area contributed by atoms with Gasteiger partial charge in [-0.3, -0.25) is 20.2 Å². The number of thiocarbonyl (C=S) groups is 1. The monoisotopic (exact) mass is 439 g/mol. The molecule has 2 N–H and O–H groups in total. The lowest BCUT2D eigenvalue weighted by Gasteiger charge is -2.13. The number of nitro benzene ring substituents is 1. The van der Waals surface area contributed by atoms with E-state index in [0.29, 0.717) is 21.5 Å². The van der Waals surface area contributed by atoms with Gasteiger partial charge in [-0.2, -0.15) is 0 Å². The maximum absolute atomic E-state index is 12.3. The Kier molecular flexibility index (Phi) is 6.47. The van der Waals surface area contributed by atoms with E-state index in [0.717, 1.165) is 0 Å². The lowest BCUT2D eigenvalue weighted by molar-refractivity contribution is -0.384. The SMILES string of the molecule is COc1ccc(C(=O)NC(=S)Nc2ccc([N+](=O)[O-])cc2OC)cc1Br. The number of nitrogens with one attached hydrogen (secondary N) is 2. The number of nitrogens with zero attached hydrogens (tertiary/aromatic N) is 1. The van der Waals surface area contributed by atoms with Crippen LogP contribution in [0.4, 0.5) is 11.4 Å². The summed E-state index contributed by atoms with van der Waals surface area (Å²) in [6, 6.07) is 8.84. The van der Waals surface area contributed by atoms with E-state index in [1.54, 1.807) is 18.2 Å². The molecule has 0 aliphatic heterocycles. The Morgan fingerprint density at radius 3 is 2.42 bits per heavy atom. The molecule has 10 heteroatoms. The topological polar surface area (TPSA) is 103 Å². The summed E-state index contributed by atoms with van der Waals surface area (Å²) in [5.41, 5.74) is 0.641. The summed E-state index contributed by atoms with van der Waals surface area (Å²) in [6.45, 7) is 0. The van der Waals surface area contributed by atoms with E-state index in [4.69, 9.17) is 21.7 Å². The molecule has 0 heterocycles. The number of non-ortho nitro benzene ring substituents is 1. The smallest absolute Gasteiger partial charge is 0.273 e. The Labute approximate surface area is 162 Å². The molecular formula is C16H14BrN3O5S. The van der Waals surface area contributed by atoms with Crippen molar-refractivity contribution < 1.29 is 19.2 Å². The number of carbonyl (C=O) groups is 1. The van der Waals surface area contributed by atoms with E-state index in [1.807, 2.05) is 0 Å². The molecule has 26 heavy (non-hydrogen) atoms. The summed E-state index contributed by atoms with van der Waals surface area (Å²) in [7, 11) is 2.90. The molecule has 0 fully saturated rings. The maximum Gasteiger partial charge on any atom is 0.273 e. The second-order valence-electron chi connectivity index (χ2n) is 4.90. The number of benzene rings is 2. The predicted octanol–water partition coefficient (Wildman–Crippen LogP) is 3.50. The maximum atomic E-state index is 12.3. The minimum atomic E-state index is -0.534. The van der Waals surface area contributed by atoms with Crippen molar-refractivity contribution in [3.05, 3.63) is 56.5 Å². The zero-order valence-electron chi connectivity index (χ0n) is 13.7. The van der Waals surface area contributed by atoms with Crippen LogP contribution < -0.4 is 20.1 Å². The molecule has 0 radical (unpaired) electrons. The number of anilines is 1. The van der Waals surface area contributed by atoms with E-state index in [1.165, 1.54) is 32.4 Å². The van der Waals surface area contributed by atoms with Crippen LogP contribution in [0.2, 0.25) is 0 Å². The fourth-order valence-electron chi connectivity index (χ4n) is 2.03. The fourth-order valence-corrected chi connectivity index (χ4v) is 2.78. The average molecular weight is 440 g/mol. The van der Waals surface area contributed by atoms with Crippen molar-refractivity contribution in [2.75, 3.05) is 19.5 Å². The first-order valence-electron chi connectivity index (χ1n) is 7.14. The van der Waals surface area contributed by atoms with Crippen molar-refractivity contribution in [2.45, 2.75) is 0 Å². The molecule has 0 saturated heterocycles. The van der Waals surface area contributed by atoms with Gasteiger partial charge in [0.1, 0.15) is 11.5 Å². The van der Waals surface area contributed by atoms with Crippen LogP contribution in [0, 0.1) is 10.1 Å². The largest absolute Gasteiger partial charge is 0.496 e. The summed E-state index contributed by atoms with van der Waals surface area (Å²) in [4.78, 5) is 22.6. The van der Waals surface area contributed by atoms with Gasteiger partial charge in [-0.15, -0.1) is 0 Å². The number of rotatable bonds is 5. The molecule has 0 saturated carbocycles. The van der Waals surface area contributed by atoms with Crippen LogP contribution in [-0.4, -0.2) is 30.2 Å². The van der Waals surface area contributed by atoms with E-state index in [9.17, 15) is 14.9 Å². The van der Waals surface area contributed by atoms with E-state index < -0.39 is 10.8 Å². The zero-order chi connectivity index (χ0) is 19.3. The summed E-state index contributed by atoms with van der Waals surface area (Å²) in [5, 5.41) is 16.1. The first kappa shape index (κ1) is 19.6. The summed E-state index contributed by atoms with van der Waals surface area (Å²) in [6.07, 6.45) is 0. The first-order valence-corrected chi connectivity index (χ1v) is 8.34. The van der Waals surface area contributed by atoms with Gasteiger partial charge in [0.15, 0.2) is 5.11 Å². The Hall–Kier alpha value is -2.72. The summed E-state index contributed by atoms with van der Waals surface area (Å²) < 4.78 is 10.9. The molecular weight excluding hydrogens is 426 g/mol. The standard InChI is InChI=1S/C16H14BrN3O5S/c1-24-13-6-3-9(7-11(13)17)15(21)19-16(26)18-12-5-4-10(20(22)23)8-14(12)25-2/h3-8H,1-2H3,(H2,18,19,21,26).